The largest absolute Gasteiger partial charge is 0.273 e. The fourth-order valence-corrected chi connectivity index (χ4v) is 1.51. The highest BCUT2D eigenvalue weighted by Gasteiger charge is 2.15. The molecule has 0 aliphatic heterocycles. The number of hydrogen-bond acceptors (Lipinski definition) is 2. The SMILES string of the molecule is CC(C)c1ccc(Br)cc1[N+](=O)[O-]. The Balaban J connectivity index is 3.27. The molecule has 1 aromatic carbocycles. The van der Waals surface area contributed by atoms with E-state index >= 15 is 0 Å². The van der Waals surface area contributed by atoms with Gasteiger partial charge in [-0.3, -0.25) is 10.1 Å². The molecule has 0 amide bonds. The van der Waals surface area contributed by atoms with Crippen LogP contribution >= 0.6 is 15.9 Å². The molecule has 0 aliphatic rings. The van der Waals surface area contributed by atoms with Gasteiger partial charge < -0.3 is 0 Å². The van der Waals surface area contributed by atoms with Gasteiger partial charge in [0.25, 0.3) is 5.69 Å². The monoisotopic (exact) mass is 243 g/mol. The molecule has 13 heavy (non-hydrogen) atoms. The number of nitrogens with zero attached hydrogens (tertiary/aromatic N) is 1. The molecule has 1 aromatic rings. The zero-order valence-electron chi connectivity index (χ0n) is 7.45. The second kappa shape index (κ2) is 3.87. The number of nitro benzene ring substituents is 1. The highest BCUT2D eigenvalue weighted by Crippen LogP contribution is 2.28. The Bertz CT molecular complexity index is 336. The number of benzene rings is 1. The molecule has 0 aromatic heterocycles. The summed E-state index contributed by atoms with van der Waals surface area (Å²) < 4.78 is 0.739. The summed E-state index contributed by atoms with van der Waals surface area (Å²) in [5.74, 6) is 0.175. The molecular weight excluding hydrogens is 234 g/mol. The molecule has 0 radical (unpaired) electrons. The summed E-state index contributed by atoms with van der Waals surface area (Å²) in [6.07, 6.45) is 0. The molecule has 0 heterocycles. The number of nitro groups is 1. The van der Waals surface area contributed by atoms with E-state index in [1.165, 1.54) is 6.07 Å². The van der Waals surface area contributed by atoms with Crippen LogP contribution < -0.4 is 0 Å². The van der Waals surface area contributed by atoms with Gasteiger partial charge in [-0.2, -0.15) is 0 Å². The molecule has 0 saturated carbocycles. The molecule has 0 N–H and O–H groups in total. The van der Waals surface area contributed by atoms with Crippen molar-refractivity contribution in [2.45, 2.75) is 19.8 Å². The summed E-state index contributed by atoms with van der Waals surface area (Å²) in [4.78, 5) is 10.3. The van der Waals surface area contributed by atoms with E-state index in [9.17, 15) is 10.1 Å². The summed E-state index contributed by atoms with van der Waals surface area (Å²) >= 11 is 3.21. The van der Waals surface area contributed by atoms with Crippen LogP contribution in [0.25, 0.3) is 0 Å². The predicted molar refractivity (Wildman–Crippen MR) is 54.9 cm³/mol. The second-order valence-electron chi connectivity index (χ2n) is 3.11. The first-order valence-corrected chi connectivity index (χ1v) is 4.75. The Morgan fingerprint density at radius 2 is 2.08 bits per heavy atom. The fourth-order valence-electron chi connectivity index (χ4n) is 1.16. The fraction of sp³-hybridized carbons (Fsp3) is 0.333. The smallest absolute Gasteiger partial charge is 0.258 e. The van der Waals surface area contributed by atoms with Gasteiger partial charge in [-0.25, -0.2) is 0 Å². The maximum atomic E-state index is 10.7. The molecule has 0 spiro atoms. The number of hydrogen-bond donors (Lipinski definition) is 0. The minimum Gasteiger partial charge on any atom is -0.258 e. The van der Waals surface area contributed by atoms with E-state index in [2.05, 4.69) is 15.9 Å². The van der Waals surface area contributed by atoms with Gasteiger partial charge in [-0.05, 0) is 12.0 Å². The molecule has 70 valence electrons. The van der Waals surface area contributed by atoms with Crippen molar-refractivity contribution in [1.82, 2.24) is 0 Å². The zero-order chi connectivity index (χ0) is 10.0. The summed E-state index contributed by atoms with van der Waals surface area (Å²) in [6.45, 7) is 3.88. The Morgan fingerprint density at radius 3 is 2.54 bits per heavy atom. The molecule has 0 bridgehead atoms. The van der Waals surface area contributed by atoms with Crippen molar-refractivity contribution in [3.8, 4) is 0 Å². The van der Waals surface area contributed by atoms with E-state index in [1.807, 2.05) is 19.9 Å². The lowest BCUT2D eigenvalue weighted by atomic mass is 10.0. The molecule has 0 saturated heterocycles. The lowest BCUT2D eigenvalue weighted by Gasteiger charge is -2.05. The molecule has 1 rings (SSSR count). The summed E-state index contributed by atoms with van der Waals surface area (Å²) in [6, 6.07) is 5.14. The van der Waals surface area contributed by atoms with Crippen molar-refractivity contribution in [2.75, 3.05) is 0 Å². The van der Waals surface area contributed by atoms with Crippen molar-refractivity contribution in [1.29, 1.82) is 0 Å². The Hall–Kier alpha value is -0.900. The minimum atomic E-state index is -0.347. The quantitative estimate of drug-likeness (QED) is 0.590. The zero-order valence-corrected chi connectivity index (χ0v) is 9.04. The Morgan fingerprint density at radius 1 is 1.46 bits per heavy atom. The van der Waals surface area contributed by atoms with Crippen LogP contribution in [-0.4, -0.2) is 4.92 Å². The van der Waals surface area contributed by atoms with Gasteiger partial charge in [0, 0.05) is 16.1 Å². The molecule has 3 nitrogen and oxygen atoms in total. The third-order valence-electron chi connectivity index (χ3n) is 1.81. The van der Waals surface area contributed by atoms with Crippen molar-refractivity contribution in [3.63, 3.8) is 0 Å². The average molecular weight is 244 g/mol. The topological polar surface area (TPSA) is 43.1 Å². The summed E-state index contributed by atoms with van der Waals surface area (Å²) in [5.41, 5.74) is 0.956. The van der Waals surface area contributed by atoms with Crippen molar-refractivity contribution < 1.29 is 4.92 Å². The van der Waals surface area contributed by atoms with Crippen LogP contribution in [0.4, 0.5) is 5.69 Å². The molecule has 0 unspecified atom stereocenters. The van der Waals surface area contributed by atoms with Crippen LogP contribution in [0.1, 0.15) is 25.3 Å². The average Bonchev–Trinajstić information content (AvgIpc) is 2.03. The highest BCUT2D eigenvalue weighted by atomic mass is 79.9. The number of rotatable bonds is 2. The minimum absolute atomic E-state index is 0.175. The van der Waals surface area contributed by atoms with Crippen molar-refractivity contribution in [2.24, 2.45) is 0 Å². The van der Waals surface area contributed by atoms with E-state index in [1.54, 1.807) is 6.07 Å². The van der Waals surface area contributed by atoms with Crippen LogP contribution in [0, 0.1) is 10.1 Å². The first-order valence-electron chi connectivity index (χ1n) is 3.96. The summed E-state index contributed by atoms with van der Waals surface area (Å²) in [5, 5.41) is 10.7. The first kappa shape index (κ1) is 10.2. The van der Waals surface area contributed by atoms with Crippen LogP contribution in [0.15, 0.2) is 22.7 Å². The molecule has 0 atom stereocenters. The van der Waals surface area contributed by atoms with Crippen molar-refractivity contribution in [3.05, 3.63) is 38.3 Å². The van der Waals surface area contributed by atoms with Gasteiger partial charge in [0.15, 0.2) is 0 Å². The van der Waals surface area contributed by atoms with Crippen LogP contribution in [0.3, 0.4) is 0 Å². The number of halogens is 1. The van der Waals surface area contributed by atoms with Crippen LogP contribution in [-0.2, 0) is 0 Å². The lowest BCUT2D eigenvalue weighted by Crippen LogP contribution is -1.96. The van der Waals surface area contributed by atoms with Crippen LogP contribution in [0.5, 0.6) is 0 Å². The third kappa shape index (κ3) is 2.28. The van der Waals surface area contributed by atoms with E-state index in [-0.39, 0.29) is 16.5 Å². The lowest BCUT2D eigenvalue weighted by molar-refractivity contribution is -0.385. The maximum absolute atomic E-state index is 10.7. The maximum Gasteiger partial charge on any atom is 0.273 e. The molecule has 0 fully saturated rings. The molecule has 0 aliphatic carbocycles. The third-order valence-corrected chi connectivity index (χ3v) is 2.30. The van der Waals surface area contributed by atoms with Gasteiger partial charge >= 0.3 is 0 Å². The predicted octanol–water partition coefficient (Wildman–Crippen LogP) is 3.48. The van der Waals surface area contributed by atoms with E-state index in [0.717, 1.165) is 10.0 Å². The van der Waals surface area contributed by atoms with Gasteiger partial charge in [-0.1, -0.05) is 35.8 Å². The Labute approximate surface area is 85.0 Å². The van der Waals surface area contributed by atoms with E-state index in [0.29, 0.717) is 0 Å². The second-order valence-corrected chi connectivity index (χ2v) is 4.03. The van der Waals surface area contributed by atoms with Gasteiger partial charge in [0.05, 0.1) is 4.92 Å². The van der Waals surface area contributed by atoms with E-state index in [4.69, 9.17) is 0 Å². The van der Waals surface area contributed by atoms with Crippen molar-refractivity contribution >= 4 is 21.6 Å². The standard InChI is InChI=1S/C9H10BrNO2/c1-6(2)8-4-3-7(10)5-9(8)11(12)13/h3-6H,1-2H3. The first-order chi connectivity index (χ1) is 6.02. The summed E-state index contributed by atoms with van der Waals surface area (Å²) in [7, 11) is 0. The normalized spacial score (nSPS) is 10.5. The van der Waals surface area contributed by atoms with Gasteiger partial charge in [0.2, 0.25) is 0 Å². The van der Waals surface area contributed by atoms with E-state index < -0.39 is 0 Å². The van der Waals surface area contributed by atoms with Crippen LogP contribution in [0.2, 0.25) is 0 Å². The molecular formula is C9H10BrNO2. The van der Waals surface area contributed by atoms with Gasteiger partial charge in [-0.15, -0.1) is 0 Å². The molecule has 4 heteroatoms. The Kier molecular flexibility index (Phi) is 3.03. The van der Waals surface area contributed by atoms with Gasteiger partial charge in [0.1, 0.15) is 0 Å². The highest BCUT2D eigenvalue weighted by molar-refractivity contribution is 9.10.